The second-order valence-electron chi connectivity index (χ2n) is 3.48. The van der Waals surface area contributed by atoms with E-state index in [9.17, 15) is 8.78 Å². The third kappa shape index (κ3) is 3.00. The number of halogens is 3. The van der Waals surface area contributed by atoms with Crippen LogP contribution in [0.25, 0.3) is 0 Å². The number of nitrogens with zero attached hydrogens (tertiary/aromatic N) is 3. The molecule has 1 heterocycles. The molecule has 0 atom stereocenters. The number of nitrogen functional groups attached to an aromatic ring is 1. The Morgan fingerprint density at radius 3 is 2.50 bits per heavy atom. The van der Waals surface area contributed by atoms with Gasteiger partial charge in [0.1, 0.15) is 5.82 Å². The topological polar surface area (TPSA) is 98.0 Å². The van der Waals surface area contributed by atoms with Crippen molar-refractivity contribution in [2.24, 2.45) is 5.84 Å². The lowest BCUT2D eigenvalue weighted by molar-refractivity contribution is 0.379. The highest BCUT2D eigenvalue weighted by molar-refractivity contribution is 6.33. The molecule has 0 aliphatic heterocycles. The van der Waals surface area contributed by atoms with Gasteiger partial charge in [0, 0.05) is 6.07 Å². The number of benzene rings is 1. The van der Waals surface area contributed by atoms with Crippen molar-refractivity contribution in [3.05, 3.63) is 28.8 Å². The Bertz CT molecular complexity index is 596. The van der Waals surface area contributed by atoms with Crippen LogP contribution in [-0.2, 0) is 0 Å². The fourth-order valence-electron chi connectivity index (χ4n) is 1.34. The Morgan fingerprint density at radius 2 is 1.90 bits per heavy atom. The van der Waals surface area contributed by atoms with Crippen LogP contribution in [0.1, 0.15) is 0 Å². The van der Waals surface area contributed by atoms with E-state index in [2.05, 4.69) is 25.7 Å². The van der Waals surface area contributed by atoms with Gasteiger partial charge >= 0.3 is 6.01 Å². The van der Waals surface area contributed by atoms with Crippen LogP contribution >= 0.6 is 11.6 Å². The van der Waals surface area contributed by atoms with Gasteiger partial charge in [0.05, 0.1) is 17.8 Å². The molecule has 2 aromatic rings. The van der Waals surface area contributed by atoms with Crippen LogP contribution in [0.2, 0.25) is 5.02 Å². The molecule has 0 bridgehead atoms. The van der Waals surface area contributed by atoms with Gasteiger partial charge in [-0.25, -0.2) is 14.6 Å². The molecule has 10 heteroatoms. The highest BCUT2D eigenvalue weighted by Crippen LogP contribution is 2.28. The highest BCUT2D eigenvalue weighted by Gasteiger charge is 2.13. The van der Waals surface area contributed by atoms with E-state index < -0.39 is 11.6 Å². The van der Waals surface area contributed by atoms with Crippen molar-refractivity contribution >= 4 is 29.2 Å². The molecular formula is C10H9ClF2N6O. The van der Waals surface area contributed by atoms with Crippen LogP contribution in [0.5, 0.6) is 6.01 Å². The molecule has 0 spiro atoms. The van der Waals surface area contributed by atoms with Crippen LogP contribution in [0.4, 0.5) is 26.4 Å². The monoisotopic (exact) mass is 302 g/mol. The van der Waals surface area contributed by atoms with E-state index in [0.29, 0.717) is 6.07 Å². The standard InChI is InChI=1S/C10H9ClF2N6O/c1-20-10-17-8(16-9(18-10)19-14)15-7-5(11)2-4(12)3-6(7)13/h2-3H,14H2,1H3,(H2,15,16,17,18,19). The maximum Gasteiger partial charge on any atom is 0.322 e. The summed E-state index contributed by atoms with van der Waals surface area (Å²) in [6.45, 7) is 0. The van der Waals surface area contributed by atoms with E-state index in [1.807, 2.05) is 0 Å². The molecule has 0 aliphatic carbocycles. The summed E-state index contributed by atoms with van der Waals surface area (Å²) in [5, 5.41) is 2.34. The summed E-state index contributed by atoms with van der Waals surface area (Å²) < 4.78 is 31.4. The first-order valence-electron chi connectivity index (χ1n) is 5.21. The van der Waals surface area contributed by atoms with Gasteiger partial charge in [-0.15, -0.1) is 0 Å². The predicted octanol–water partition coefficient (Wildman–Crippen LogP) is 1.84. The van der Waals surface area contributed by atoms with Crippen molar-refractivity contribution < 1.29 is 13.5 Å². The molecule has 7 nitrogen and oxygen atoms in total. The second-order valence-corrected chi connectivity index (χ2v) is 3.89. The summed E-state index contributed by atoms with van der Waals surface area (Å²) in [6, 6.07) is 1.58. The largest absolute Gasteiger partial charge is 0.467 e. The molecule has 4 N–H and O–H groups in total. The first kappa shape index (κ1) is 14.2. The highest BCUT2D eigenvalue weighted by atomic mass is 35.5. The number of aromatic nitrogens is 3. The minimum atomic E-state index is -0.892. The molecule has 2 rings (SSSR count). The van der Waals surface area contributed by atoms with Crippen molar-refractivity contribution in [1.29, 1.82) is 0 Å². The molecule has 0 saturated heterocycles. The first-order valence-corrected chi connectivity index (χ1v) is 5.59. The average Bonchev–Trinajstić information content (AvgIpc) is 2.42. The van der Waals surface area contributed by atoms with Crippen LogP contribution in [0, 0.1) is 11.6 Å². The molecule has 106 valence electrons. The Kier molecular flexibility index (Phi) is 4.11. The smallest absolute Gasteiger partial charge is 0.322 e. The maximum atomic E-state index is 13.6. The summed E-state index contributed by atoms with van der Waals surface area (Å²) in [5.41, 5.74) is 2.02. The third-order valence-electron chi connectivity index (χ3n) is 2.17. The molecular weight excluding hydrogens is 294 g/mol. The van der Waals surface area contributed by atoms with Gasteiger partial charge in [-0.2, -0.15) is 15.0 Å². The van der Waals surface area contributed by atoms with E-state index in [0.717, 1.165) is 6.07 Å². The number of methoxy groups -OCH3 is 1. The molecule has 0 aliphatic rings. The number of anilines is 3. The predicted molar refractivity (Wildman–Crippen MR) is 68.8 cm³/mol. The minimum Gasteiger partial charge on any atom is -0.467 e. The number of hydrogen-bond donors (Lipinski definition) is 3. The minimum absolute atomic E-state index is 0.00186. The Morgan fingerprint density at radius 1 is 1.20 bits per heavy atom. The lowest BCUT2D eigenvalue weighted by atomic mass is 10.3. The number of ether oxygens (including phenoxy) is 1. The number of rotatable bonds is 4. The summed E-state index contributed by atoms with van der Waals surface area (Å²) in [5.74, 6) is 3.42. The molecule has 0 saturated carbocycles. The zero-order valence-corrected chi connectivity index (χ0v) is 10.9. The summed E-state index contributed by atoms with van der Waals surface area (Å²) in [4.78, 5) is 11.4. The van der Waals surface area contributed by atoms with E-state index >= 15 is 0 Å². The number of nitrogens with one attached hydrogen (secondary N) is 2. The second kappa shape index (κ2) is 5.80. The number of nitrogens with two attached hydrogens (primary N) is 1. The van der Waals surface area contributed by atoms with Crippen LogP contribution in [0.15, 0.2) is 12.1 Å². The SMILES string of the molecule is COc1nc(NN)nc(Nc2c(F)cc(F)cc2Cl)n1. The maximum absolute atomic E-state index is 13.6. The fourth-order valence-corrected chi connectivity index (χ4v) is 1.58. The van der Waals surface area contributed by atoms with Crippen LogP contribution < -0.4 is 21.3 Å². The van der Waals surface area contributed by atoms with Crippen molar-refractivity contribution in [3.8, 4) is 6.01 Å². The van der Waals surface area contributed by atoms with Crippen molar-refractivity contribution in [2.75, 3.05) is 17.9 Å². The molecule has 0 radical (unpaired) electrons. The molecule has 1 aromatic carbocycles. The molecule has 1 aromatic heterocycles. The van der Waals surface area contributed by atoms with Gasteiger partial charge in [0.15, 0.2) is 5.82 Å². The van der Waals surface area contributed by atoms with Gasteiger partial charge in [0.25, 0.3) is 0 Å². The van der Waals surface area contributed by atoms with Gasteiger partial charge in [0.2, 0.25) is 11.9 Å². The molecule has 0 amide bonds. The van der Waals surface area contributed by atoms with Crippen molar-refractivity contribution in [3.63, 3.8) is 0 Å². The summed E-state index contributed by atoms with van der Waals surface area (Å²) >= 11 is 5.75. The van der Waals surface area contributed by atoms with Crippen LogP contribution in [-0.4, -0.2) is 22.1 Å². The zero-order valence-electron chi connectivity index (χ0n) is 10.1. The summed E-state index contributed by atoms with van der Waals surface area (Å²) in [7, 11) is 1.34. The molecule has 0 fully saturated rings. The van der Waals surface area contributed by atoms with E-state index in [4.69, 9.17) is 22.2 Å². The number of hydrogen-bond acceptors (Lipinski definition) is 7. The van der Waals surface area contributed by atoms with E-state index in [1.54, 1.807) is 0 Å². The average molecular weight is 303 g/mol. The van der Waals surface area contributed by atoms with Crippen molar-refractivity contribution in [1.82, 2.24) is 15.0 Å². The molecule has 0 unspecified atom stereocenters. The lowest BCUT2D eigenvalue weighted by Gasteiger charge is -2.10. The number of hydrazine groups is 1. The molecule has 20 heavy (non-hydrogen) atoms. The van der Waals surface area contributed by atoms with Gasteiger partial charge in [-0.05, 0) is 6.07 Å². The first-order chi connectivity index (χ1) is 9.53. The van der Waals surface area contributed by atoms with Crippen molar-refractivity contribution in [2.45, 2.75) is 0 Å². The van der Waals surface area contributed by atoms with Gasteiger partial charge in [-0.3, -0.25) is 5.43 Å². The lowest BCUT2D eigenvalue weighted by Crippen LogP contribution is -2.13. The quantitative estimate of drug-likeness (QED) is 0.585. The van der Waals surface area contributed by atoms with Crippen LogP contribution in [0.3, 0.4) is 0 Å². The zero-order chi connectivity index (χ0) is 14.7. The van der Waals surface area contributed by atoms with E-state index in [1.165, 1.54) is 7.11 Å². The normalized spacial score (nSPS) is 10.2. The van der Waals surface area contributed by atoms with Gasteiger partial charge in [-0.1, -0.05) is 11.6 Å². The summed E-state index contributed by atoms with van der Waals surface area (Å²) in [6.07, 6.45) is 0. The Hall–Kier alpha value is -2.26. The third-order valence-corrected chi connectivity index (χ3v) is 2.47. The van der Waals surface area contributed by atoms with Gasteiger partial charge < -0.3 is 10.1 Å². The Balaban J connectivity index is 2.39. The van der Waals surface area contributed by atoms with E-state index in [-0.39, 0.29) is 28.6 Å². The fraction of sp³-hybridized carbons (Fsp3) is 0.100. The Labute approximate surface area is 117 Å².